The van der Waals surface area contributed by atoms with E-state index in [1.165, 1.54) is 6.42 Å². The molecule has 3 unspecified atom stereocenters. The summed E-state index contributed by atoms with van der Waals surface area (Å²) in [5, 5.41) is 3.01. The summed E-state index contributed by atoms with van der Waals surface area (Å²) in [5.41, 5.74) is 2.65. The van der Waals surface area contributed by atoms with Crippen molar-refractivity contribution in [1.82, 2.24) is 5.32 Å². The van der Waals surface area contributed by atoms with Crippen LogP contribution in [-0.4, -0.2) is 24.5 Å². The van der Waals surface area contributed by atoms with E-state index in [4.69, 9.17) is 4.74 Å². The molecule has 1 N–H and O–H groups in total. The number of hydrogen-bond donors (Lipinski definition) is 1. The second-order valence-electron chi connectivity index (χ2n) is 6.82. The molecule has 1 aliphatic rings. The van der Waals surface area contributed by atoms with Crippen molar-refractivity contribution in [2.75, 3.05) is 6.61 Å². The summed E-state index contributed by atoms with van der Waals surface area (Å²) in [4.78, 5) is 24.1. The molecule has 0 spiro atoms. The van der Waals surface area contributed by atoms with Crippen LogP contribution < -0.4 is 5.32 Å². The summed E-state index contributed by atoms with van der Waals surface area (Å²) < 4.78 is 5.14. The van der Waals surface area contributed by atoms with E-state index in [2.05, 4.69) is 19.2 Å². The average Bonchev–Trinajstić information content (AvgIpc) is 2.52. The van der Waals surface area contributed by atoms with Crippen molar-refractivity contribution < 1.29 is 14.3 Å². The van der Waals surface area contributed by atoms with Crippen molar-refractivity contribution in [3.8, 4) is 0 Å². The van der Waals surface area contributed by atoms with Gasteiger partial charge in [0.15, 0.2) is 6.61 Å². The van der Waals surface area contributed by atoms with Gasteiger partial charge in [0.2, 0.25) is 0 Å². The molecular formula is C19H27NO3. The second kappa shape index (κ2) is 7.62. The van der Waals surface area contributed by atoms with Gasteiger partial charge >= 0.3 is 5.97 Å². The first kappa shape index (κ1) is 17.5. The molecule has 4 heteroatoms. The van der Waals surface area contributed by atoms with Crippen molar-refractivity contribution in [3.05, 3.63) is 34.9 Å². The molecule has 0 aliphatic heterocycles. The minimum Gasteiger partial charge on any atom is -0.452 e. The normalized spacial score (nSPS) is 24.1. The molecule has 23 heavy (non-hydrogen) atoms. The summed E-state index contributed by atoms with van der Waals surface area (Å²) in [7, 11) is 0. The van der Waals surface area contributed by atoms with E-state index >= 15 is 0 Å². The quantitative estimate of drug-likeness (QED) is 0.866. The molecule has 1 aromatic carbocycles. The summed E-state index contributed by atoms with van der Waals surface area (Å²) in [5.74, 6) is 0.414. The summed E-state index contributed by atoms with van der Waals surface area (Å²) in [6.45, 7) is 8.12. The minimum atomic E-state index is -0.451. The lowest BCUT2D eigenvalue weighted by Crippen LogP contribution is -2.45. The Balaban J connectivity index is 1.84. The molecule has 2 rings (SSSR count). The Kier molecular flexibility index (Phi) is 5.80. The molecule has 0 saturated heterocycles. The topological polar surface area (TPSA) is 55.4 Å². The number of carbonyl (C=O) groups is 2. The monoisotopic (exact) mass is 317 g/mol. The van der Waals surface area contributed by atoms with Crippen LogP contribution in [0.15, 0.2) is 18.2 Å². The van der Waals surface area contributed by atoms with E-state index in [0.29, 0.717) is 17.4 Å². The van der Waals surface area contributed by atoms with E-state index < -0.39 is 5.97 Å². The standard InChI is InChI=1S/C19H27NO3/c1-12-8-9-16(10-14(12)3)19(22)23-11-18(21)20-17-7-5-6-13(2)15(17)4/h8-10,13,15,17H,5-7,11H2,1-4H3,(H,20,21). The number of benzene rings is 1. The maximum atomic E-state index is 12.0. The van der Waals surface area contributed by atoms with Gasteiger partial charge in [-0.15, -0.1) is 0 Å². The molecule has 1 fully saturated rings. The fourth-order valence-corrected chi connectivity index (χ4v) is 3.12. The molecule has 0 radical (unpaired) electrons. The predicted octanol–water partition coefficient (Wildman–Crippen LogP) is 3.40. The molecule has 1 aromatic rings. The van der Waals surface area contributed by atoms with Gasteiger partial charge in [-0.2, -0.15) is 0 Å². The highest BCUT2D eigenvalue weighted by Crippen LogP contribution is 2.29. The zero-order valence-corrected chi connectivity index (χ0v) is 14.5. The lowest BCUT2D eigenvalue weighted by molar-refractivity contribution is -0.125. The zero-order valence-electron chi connectivity index (χ0n) is 14.5. The first-order valence-corrected chi connectivity index (χ1v) is 8.42. The first-order valence-electron chi connectivity index (χ1n) is 8.42. The number of aryl methyl sites for hydroxylation is 2. The van der Waals surface area contributed by atoms with Crippen LogP contribution in [0.1, 0.15) is 54.6 Å². The van der Waals surface area contributed by atoms with Crippen molar-refractivity contribution in [3.63, 3.8) is 0 Å². The molecule has 126 valence electrons. The fraction of sp³-hybridized carbons (Fsp3) is 0.579. The highest BCUT2D eigenvalue weighted by atomic mass is 16.5. The molecule has 1 saturated carbocycles. The van der Waals surface area contributed by atoms with E-state index in [-0.39, 0.29) is 18.6 Å². The number of esters is 1. The lowest BCUT2D eigenvalue weighted by atomic mass is 9.78. The van der Waals surface area contributed by atoms with E-state index in [9.17, 15) is 9.59 Å². The Morgan fingerprint density at radius 2 is 1.91 bits per heavy atom. The number of amides is 1. The molecule has 0 aromatic heterocycles. The van der Waals surface area contributed by atoms with E-state index in [1.807, 2.05) is 19.9 Å². The van der Waals surface area contributed by atoms with Gasteiger partial charge in [-0.05, 0) is 55.4 Å². The van der Waals surface area contributed by atoms with Gasteiger partial charge in [-0.3, -0.25) is 4.79 Å². The maximum absolute atomic E-state index is 12.0. The molecule has 0 bridgehead atoms. The lowest BCUT2D eigenvalue weighted by Gasteiger charge is -2.34. The second-order valence-corrected chi connectivity index (χ2v) is 6.82. The molecule has 1 aliphatic carbocycles. The molecule has 3 atom stereocenters. The molecule has 0 heterocycles. The SMILES string of the molecule is Cc1ccc(C(=O)OCC(=O)NC2CCCC(C)C2C)cc1C. The summed E-state index contributed by atoms with van der Waals surface area (Å²) >= 11 is 0. The number of nitrogens with one attached hydrogen (secondary N) is 1. The number of rotatable bonds is 4. The van der Waals surface area contributed by atoms with Gasteiger partial charge in [-0.25, -0.2) is 4.79 Å². The van der Waals surface area contributed by atoms with Crippen molar-refractivity contribution >= 4 is 11.9 Å². The fourth-order valence-electron chi connectivity index (χ4n) is 3.12. The van der Waals surface area contributed by atoms with Crippen LogP contribution in [0, 0.1) is 25.7 Å². The van der Waals surface area contributed by atoms with E-state index in [1.54, 1.807) is 12.1 Å². The Hall–Kier alpha value is -1.84. The molecule has 1 amide bonds. The van der Waals surface area contributed by atoms with Crippen LogP contribution in [-0.2, 0) is 9.53 Å². The highest BCUT2D eigenvalue weighted by molar-refractivity contribution is 5.91. The Morgan fingerprint density at radius 1 is 1.17 bits per heavy atom. The third-order valence-corrected chi connectivity index (χ3v) is 5.13. The van der Waals surface area contributed by atoms with E-state index in [0.717, 1.165) is 24.0 Å². The van der Waals surface area contributed by atoms with Gasteiger partial charge in [0.1, 0.15) is 0 Å². The van der Waals surface area contributed by atoms with Crippen molar-refractivity contribution in [2.24, 2.45) is 11.8 Å². The maximum Gasteiger partial charge on any atom is 0.338 e. The largest absolute Gasteiger partial charge is 0.452 e. The molecule has 4 nitrogen and oxygen atoms in total. The smallest absolute Gasteiger partial charge is 0.338 e. The summed E-state index contributed by atoms with van der Waals surface area (Å²) in [6, 6.07) is 5.59. The van der Waals surface area contributed by atoms with Crippen LogP contribution in [0.4, 0.5) is 0 Å². The number of ether oxygens (including phenoxy) is 1. The molecular weight excluding hydrogens is 290 g/mol. The highest BCUT2D eigenvalue weighted by Gasteiger charge is 2.28. The van der Waals surface area contributed by atoms with Gasteiger partial charge in [0, 0.05) is 6.04 Å². The van der Waals surface area contributed by atoms with Gasteiger partial charge < -0.3 is 10.1 Å². The Morgan fingerprint density at radius 3 is 2.61 bits per heavy atom. The average molecular weight is 317 g/mol. The van der Waals surface area contributed by atoms with Gasteiger partial charge in [0.25, 0.3) is 5.91 Å². The summed E-state index contributed by atoms with van der Waals surface area (Å²) in [6.07, 6.45) is 3.36. The van der Waals surface area contributed by atoms with Crippen LogP contribution in [0.2, 0.25) is 0 Å². The van der Waals surface area contributed by atoms with Gasteiger partial charge in [-0.1, -0.05) is 32.8 Å². The van der Waals surface area contributed by atoms with Crippen LogP contribution in [0.5, 0.6) is 0 Å². The Labute approximate surface area is 138 Å². The van der Waals surface area contributed by atoms with Crippen LogP contribution in [0.25, 0.3) is 0 Å². The predicted molar refractivity (Wildman–Crippen MR) is 90.3 cm³/mol. The van der Waals surface area contributed by atoms with Gasteiger partial charge in [0.05, 0.1) is 5.56 Å². The Bertz CT molecular complexity index is 582. The van der Waals surface area contributed by atoms with Crippen LogP contribution in [0.3, 0.4) is 0 Å². The zero-order chi connectivity index (χ0) is 17.0. The van der Waals surface area contributed by atoms with Crippen LogP contribution >= 0.6 is 0 Å². The first-order chi connectivity index (χ1) is 10.9. The number of carbonyl (C=O) groups excluding carboxylic acids is 2. The third kappa shape index (κ3) is 4.57. The minimum absolute atomic E-state index is 0.187. The number of hydrogen-bond acceptors (Lipinski definition) is 3. The van der Waals surface area contributed by atoms with Crippen molar-refractivity contribution in [2.45, 2.75) is 53.0 Å². The van der Waals surface area contributed by atoms with Crippen molar-refractivity contribution in [1.29, 1.82) is 0 Å². The third-order valence-electron chi connectivity index (χ3n) is 5.13.